The van der Waals surface area contributed by atoms with E-state index in [2.05, 4.69) is 24.1 Å². The maximum atomic E-state index is 12.6. The maximum Gasteiger partial charge on any atom is 0.252 e. The molecule has 2 heterocycles. The van der Waals surface area contributed by atoms with Gasteiger partial charge in [0.05, 0.1) is 11.1 Å². The van der Waals surface area contributed by atoms with Gasteiger partial charge in [0, 0.05) is 11.9 Å². The van der Waals surface area contributed by atoms with Crippen LogP contribution in [0.1, 0.15) is 30.0 Å². The minimum atomic E-state index is -0.0816. The zero-order chi connectivity index (χ0) is 16.4. The molecule has 1 N–H and O–H groups in total. The topological polar surface area (TPSA) is 55.1 Å². The molecule has 3 aromatic rings. The van der Waals surface area contributed by atoms with E-state index >= 15 is 0 Å². The van der Waals surface area contributed by atoms with Gasteiger partial charge < -0.3 is 9.73 Å². The molecule has 4 nitrogen and oxygen atoms in total. The second kappa shape index (κ2) is 6.24. The average Bonchev–Trinajstić information content (AvgIpc) is 2.98. The number of aromatic nitrogens is 1. The molecule has 0 saturated heterocycles. The van der Waals surface area contributed by atoms with E-state index in [0.29, 0.717) is 29.5 Å². The van der Waals surface area contributed by atoms with Crippen LogP contribution in [0.2, 0.25) is 0 Å². The minimum absolute atomic E-state index is 0.0816. The van der Waals surface area contributed by atoms with Crippen molar-refractivity contribution >= 4 is 16.8 Å². The smallest absolute Gasteiger partial charge is 0.252 e. The van der Waals surface area contributed by atoms with Crippen LogP contribution in [-0.2, 0) is 0 Å². The fraction of sp³-hybridized carbons (Fsp3) is 0.263. The second-order valence-corrected chi connectivity index (χ2v) is 6.09. The Morgan fingerprint density at radius 3 is 2.70 bits per heavy atom. The number of aryl methyl sites for hydroxylation is 1. The summed E-state index contributed by atoms with van der Waals surface area (Å²) in [7, 11) is 0. The van der Waals surface area contributed by atoms with Gasteiger partial charge in [-0.15, -0.1) is 0 Å². The van der Waals surface area contributed by atoms with Crippen molar-refractivity contribution in [2.75, 3.05) is 6.54 Å². The zero-order valence-corrected chi connectivity index (χ0v) is 13.6. The van der Waals surface area contributed by atoms with Gasteiger partial charge in [-0.3, -0.25) is 4.79 Å². The van der Waals surface area contributed by atoms with Gasteiger partial charge in [0.25, 0.3) is 5.91 Å². The maximum absolute atomic E-state index is 12.6. The molecular weight excluding hydrogens is 288 g/mol. The minimum Gasteiger partial charge on any atom is -0.460 e. The Hall–Kier alpha value is -2.62. The summed E-state index contributed by atoms with van der Waals surface area (Å²) in [6.45, 7) is 6.68. The van der Waals surface area contributed by atoms with Crippen molar-refractivity contribution in [2.45, 2.75) is 20.8 Å². The third-order valence-corrected chi connectivity index (χ3v) is 3.62. The molecule has 0 unspecified atom stereocenters. The van der Waals surface area contributed by atoms with Crippen molar-refractivity contribution < 1.29 is 9.21 Å². The number of furan rings is 1. The van der Waals surface area contributed by atoms with Crippen molar-refractivity contribution in [2.24, 2.45) is 5.92 Å². The van der Waals surface area contributed by atoms with E-state index in [-0.39, 0.29) is 5.91 Å². The van der Waals surface area contributed by atoms with E-state index in [4.69, 9.17) is 4.42 Å². The molecule has 0 fully saturated rings. The van der Waals surface area contributed by atoms with Gasteiger partial charge in [0.1, 0.15) is 11.5 Å². The summed E-state index contributed by atoms with van der Waals surface area (Å²) in [6.07, 6.45) is 0. The first-order valence-corrected chi connectivity index (χ1v) is 7.79. The average molecular weight is 308 g/mol. The number of hydrogen-bond donors (Lipinski definition) is 1. The summed E-state index contributed by atoms with van der Waals surface area (Å²) in [5.74, 6) is 1.81. The van der Waals surface area contributed by atoms with Crippen LogP contribution in [-0.4, -0.2) is 17.4 Å². The lowest BCUT2D eigenvalue weighted by molar-refractivity contribution is 0.0950. The second-order valence-electron chi connectivity index (χ2n) is 6.09. The molecule has 23 heavy (non-hydrogen) atoms. The molecule has 118 valence electrons. The SMILES string of the molecule is Cc1ccc(-c2cc(C(=O)NCC(C)C)c3ccccc3n2)o1. The number of amides is 1. The Balaban J connectivity index is 2.09. The highest BCUT2D eigenvalue weighted by Gasteiger charge is 2.15. The number of hydrogen-bond acceptors (Lipinski definition) is 3. The fourth-order valence-electron chi connectivity index (χ4n) is 2.45. The first kappa shape index (κ1) is 15.3. The van der Waals surface area contributed by atoms with Crippen molar-refractivity contribution in [3.63, 3.8) is 0 Å². The van der Waals surface area contributed by atoms with Crippen LogP contribution in [0.4, 0.5) is 0 Å². The van der Waals surface area contributed by atoms with Gasteiger partial charge in [-0.2, -0.15) is 0 Å². The van der Waals surface area contributed by atoms with Crippen LogP contribution < -0.4 is 5.32 Å². The highest BCUT2D eigenvalue weighted by Crippen LogP contribution is 2.26. The molecule has 1 aromatic carbocycles. The Bertz CT molecular complexity index is 849. The molecule has 0 spiro atoms. The summed E-state index contributed by atoms with van der Waals surface area (Å²) in [4.78, 5) is 17.2. The first-order valence-electron chi connectivity index (χ1n) is 7.79. The number of pyridine rings is 1. The van der Waals surface area contributed by atoms with E-state index in [1.54, 1.807) is 6.07 Å². The molecule has 0 aliphatic carbocycles. The summed E-state index contributed by atoms with van der Waals surface area (Å²) >= 11 is 0. The summed E-state index contributed by atoms with van der Waals surface area (Å²) < 4.78 is 5.66. The Morgan fingerprint density at radius 2 is 2.00 bits per heavy atom. The fourth-order valence-corrected chi connectivity index (χ4v) is 2.45. The third-order valence-electron chi connectivity index (χ3n) is 3.62. The highest BCUT2D eigenvalue weighted by atomic mass is 16.3. The molecule has 1 amide bonds. The quantitative estimate of drug-likeness (QED) is 0.786. The molecule has 3 rings (SSSR count). The molecule has 4 heteroatoms. The lowest BCUT2D eigenvalue weighted by atomic mass is 10.1. The number of para-hydroxylation sites is 1. The molecule has 0 aliphatic rings. The summed E-state index contributed by atoms with van der Waals surface area (Å²) in [5, 5.41) is 3.83. The monoisotopic (exact) mass is 308 g/mol. The molecule has 0 atom stereocenters. The van der Waals surface area contributed by atoms with E-state index in [9.17, 15) is 4.79 Å². The lowest BCUT2D eigenvalue weighted by Gasteiger charge is -2.11. The van der Waals surface area contributed by atoms with E-state index < -0.39 is 0 Å². The predicted octanol–water partition coefficient (Wildman–Crippen LogP) is 4.19. The Kier molecular flexibility index (Phi) is 4.15. The zero-order valence-electron chi connectivity index (χ0n) is 13.6. The van der Waals surface area contributed by atoms with Crippen molar-refractivity contribution in [3.8, 4) is 11.5 Å². The molecular formula is C19H20N2O2. The van der Waals surface area contributed by atoms with Crippen LogP contribution >= 0.6 is 0 Å². The molecule has 0 saturated carbocycles. The predicted molar refractivity (Wildman–Crippen MR) is 91.4 cm³/mol. The molecule has 0 radical (unpaired) electrons. The number of rotatable bonds is 4. The van der Waals surface area contributed by atoms with Crippen LogP contribution in [0, 0.1) is 12.8 Å². The Morgan fingerprint density at radius 1 is 1.22 bits per heavy atom. The van der Waals surface area contributed by atoms with Crippen molar-refractivity contribution in [1.82, 2.24) is 10.3 Å². The third kappa shape index (κ3) is 3.26. The normalized spacial score (nSPS) is 11.1. The van der Waals surface area contributed by atoms with Gasteiger partial charge in [-0.05, 0) is 37.1 Å². The van der Waals surface area contributed by atoms with E-state index in [0.717, 1.165) is 16.7 Å². The van der Waals surface area contributed by atoms with Crippen LogP contribution in [0.15, 0.2) is 46.9 Å². The van der Waals surface area contributed by atoms with Gasteiger partial charge >= 0.3 is 0 Å². The largest absolute Gasteiger partial charge is 0.460 e. The number of nitrogens with zero attached hydrogens (tertiary/aromatic N) is 1. The lowest BCUT2D eigenvalue weighted by Crippen LogP contribution is -2.27. The summed E-state index contributed by atoms with van der Waals surface area (Å²) in [6, 6.07) is 13.2. The van der Waals surface area contributed by atoms with Gasteiger partial charge in [0.2, 0.25) is 0 Å². The van der Waals surface area contributed by atoms with Crippen LogP contribution in [0.5, 0.6) is 0 Å². The number of fused-ring (bicyclic) bond motifs is 1. The van der Waals surface area contributed by atoms with Gasteiger partial charge in [0.15, 0.2) is 5.76 Å². The number of carbonyl (C=O) groups is 1. The number of benzene rings is 1. The number of carbonyl (C=O) groups excluding carboxylic acids is 1. The summed E-state index contributed by atoms with van der Waals surface area (Å²) in [5.41, 5.74) is 2.08. The first-order chi connectivity index (χ1) is 11.0. The molecule has 0 aliphatic heterocycles. The standard InChI is InChI=1S/C19H20N2O2/c1-12(2)11-20-19(22)15-10-17(18-9-8-13(3)23-18)21-16-7-5-4-6-14(15)16/h4-10,12H,11H2,1-3H3,(H,20,22). The van der Waals surface area contributed by atoms with Gasteiger partial charge in [-0.1, -0.05) is 32.0 Å². The van der Waals surface area contributed by atoms with E-state index in [1.807, 2.05) is 43.3 Å². The van der Waals surface area contributed by atoms with Gasteiger partial charge in [-0.25, -0.2) is 4.98 Å². The van der Waals surface area contributed by atoms with Crippen LogP contribution in [0.3, 0.4) is 0 Å². The molecule has 0 bridgehead atoms. The number of nitrogens with one attached hydrogen (secondary N) is 1. The van der Waals surface area contributed by atoms with Crippen LogP contribution in [0.25, 0.3) is 22.4 Å². The van der Waals surface area contributed by atoms with Crippen molar-refractivity contribution in [3.05, 3.63) is 53.8 Å². The highest BCUT2D eigenvalue weighted by molar-refractivity contribution is 6.07. The van der Waals surface area contributed by atoms with Crippen molar-refractivity contribution in [1.29, 1.82) is 0 Å². The molecule has 2 aromatic heterocycles. The van der Waals surface area contributed by atoms with E-state index in [1.165, 1.54) is 0 Å². The Labute approximate surface area is 135 Å².